The minimum Gasteiger partial charge on any atom is -0.326 e. The molecule has 3 heterocycles. The molecule has 1 unspecified atom stereocenters. The Bertz CT molecular complexity index is 408. The maximum absolute atomic E-state index is 11.8. The highest BCUT2D eigenvalue weighted by Crippen LogP contribution is 2.20. The lowest BCUT2D eigenvalue weighted by atomic mass is 10.2. The van der Waals surface area contributed by atoms with Crippen LogP contribution in [0.15, 0.2) is 11.6 Å². The molecular formula is C11H16N4OS. The predicted octanol–water partition coefficient (Wildman–Crippen LogP) is 0.695. The molecule has 5 nitrogen and oxygen atoms in total. The third-order valence-electron chi connectivity index (χ3n) is 3.47. The first-order chi connectivity index (χ1) is 8.24. The summed E-state index contributed by atoms with van der Waals surface area (Å²) in [6.07, 6.45) is 1.85. The number of urea groups is 1. The Balaban J connectivity index is 1.63. The van der Waals surface area contributed by atoms with Crippen LogP contribution in [0, 0.1) is 0 Å². The van der Waals surface area contributed by atoms with E-state index < -0.39 is 0 Å². The summed E-state index contributed by atoms with van der Waals surface area (Å²) in [4.78, 5) is 22.3. The molecule has 0 saturated carbocycles. The Morgan fingerprint density at radius 1 is 1.47 bits per heavy atom. The number of amides is 2. The van der Waals surface area contributed by atoms with Gasteiger partial charge in [-0.2, -0.15) is 0 Å². The molecule has 2 saturated heterocycles. The zero-order valence-corrected chi connectivity index (χ0v) is 10.7. The molecule has 92 valence electrons. The van der Waals surface area contributed by atoms with Crippen molar-refractivity contribution >= 4 is 17.4 Å². The average Bonchev–Trinajstić information content (AvgIpc) is 2.89. The molecule has 17 heavy (non-hydrogen) atoms. The largest absolute Gasteiger partial charge is 0.326 e. The van der Waals surface area contributed by atoms with Crippen molar-refractivity contribution in [2.24, 2.45) is 0 Å². The Morgan fingerprint density at radius 2 is 2.35 bits per heavy atom. The van der Waals surface area contributed by atoms with Gasteiger partial charge in [0.2, 0.25) is 0 Å². The van der Waals surface area contributed by atoms with Crippen LogP contribution in [0.25, 0.3) is 0 Å². The van der Waals surface area contributed by atoms with Crippen molar-refractivity contribution in [2.75, 3.05) is 33.2 Å². The zero-order valence-electron chi connectivity index (χ0n) is 9.87. The number of rotatable bonds is 2. The summed E-state index contributed by atoms with van der Waals surface area (Å²) >= 11 is 1.70. The summed E-state index contributed by atoms with van der Waals surface area (Å²) in [6.45, 7) is 4.54. The van der Waals surface area contributed by atoms with E-state index in [-0.39, 0.29) is 6.03 Å². The van der Waals surface area contributed by atoms with Crippen molar-refractivity contribution in [3.63, 3.8) is 0 Å². The Labute approximate surface area is 105 Å². The zero-order chi connectivity index (χ0) is 11.8. The summed E-state index contributed by atoms with van der Waals surface area (Å²) in [5.74, 6) is 0. The standard InChI is InChI=1S/C11H16N4OS/c1-13-6-9-7-14(3-4-15(9)11(13)16)8-10-12-2-5-17-10/h2,5,9H,3-4,6-8H2,1H3. The number of thiazole rings is 1. The van der Waals surface area contributed by atoms with Gasteiger partial charge < -0.3 is 9.80 Å². The fourth-order valence-corrected chi connectivity index (χ4v) is 3.26. The number of carbonyl (C=O) groups excluding carboxylic acids is 1. The third-order valence-corrected chi connectivity index (χ3v) is 4.23. The van der Waals surface area contributed by atoms with E-state index in [0.29, 0.717) is 6.04 Å². The Morgan fingerprint density at radius 3 is 3.12 bits per heavy atom. The van der Waals surface area contributed by atoms with Gasteiger partial charge in [-0.3, -0.25) is 4.90 Å². The number of piperazine rings is 1. The van der Waals surface area contributed by atoms with E-state index in [2.05, 4.69) is 9.88 Å². The molecule has 6 heteroatoms. The highest BCUT2D eigenvalue weighted by atomic mass is 32.1. The highest BCUT2D eigenvalue weighted by molar-refractivity contribution is 7.09. The molecular weight excluding hydrogens is 236 g/mol. The van der Waals surface area contributed by atoms with Crippen molar-refractivity contribution in [3.8, 4) is 0 Å². The van der Waals surface area contributed by atoms with Crippen molar-refractivity contribution in [2.45, 2.75) is 12.6 Å². The van der Waals surface area contributed by atoms with Gasteiger partial charge in [-0.15, -0.1) is 11.3 Å². The van der Waals surface area contributed by atoms with E-state index >= 15 is 0 Å². The lowest BCUT2D eigenvalue weighted by Gasteiger charge is -2.35. The summed E-state index contributed by atoms with van der Waals surface area (Å²) < 4.78 is 0. The molecule has 0 aliphatic carbocycles. The second-order valence-corrected chi connectivity index (χ2v) is 5.65. The molecule has 0 bridgehead atoms. The molecule has 0 N–H and O–H groups in total. The topological polar surface area (TPSA) is 39.7 Å². The van der Waals surface area contributed by atoms with Crippen molar-refractivity contribution in [3.05, 3.63) is 16.6 Å². The van der Waals surface area contributed by atoms with Crippen LogP contribution in [0.2, 0.25) is 0 Å². The van der Waals surface area contributed by atoms with Gasteiger partial charge in [0, 0.05) is 44.8 Å². The van der Waals surface area contributed by atoms with Crippen molar-refractivity contribution < 1.29 is 4.79 Å². The van der Waals surface area contributed by atoms with E-state index in [1.54, 1.807) is 11.3 Å². The average molecular weight is 252 g/mol. The molecule has 1 atom stereocenters. The van der Waals surface area contributed by atoms with Gasteiger partial charge in [-0.25, -0.2) is 9.78 Å². The highest BCUT2D eigenvalue weighted by Gasteiger charge is 2.38. The molecule has 0 spiro atoms. The second-order valence-electron chi connectivity index (χ2n) is 4.67. The van der Waals surface area contributed by atoms with E-state index in [4.69, 9.17) is 0 Å². The summed E-state index contributed by atoms with van der Waals surface area (Å²) in [5.41, 5.74) is 0. The van der Waals surface area contributed by atoms with Crippen LogP contribution in [0.5, 0.6) is 0 Å². The number of likely N-dealkylation sites (N-methyl/N-ethyl adjacent to an activating group) is 1. The summed E-state index contributed by atoms with van der Waals surface area (Å²) in [5, 5.41) is 3.18. The van der Waals surface area contributed by atoms with Gasteiger partial charge in [-0.05, 0) is 0 Å². The first-order valence-electron chi connectivity index (χ1n) is 5.86. The molecule has 2 fully saturated rings. The first-order valence-corrected chi connectivity index (χ1v) is 6.74. The van der Waals surface area contributed by atoms with Gasteiger partial charge in [0.25, 0.3) is 0 Å². The molecule has 2 aliphatic heterocycles. The normalized spacial score (nSPS) is 25.5. The number of carbonyl (C=O) groups is 1. The Kier molecular flexibility index (Phi) is 2.76. The van der Waals surface area contributed by atoms with E-state index in [0.717, 1.165) is 37.7 Å². The quantitative estimate of drug-likeness (QED) is 0.777. The summed E-state index contributed by atoms with van der Waals surface area (Å²) in [6, 6.07) is 0.546. The van der Waals surface area contributed by atoms with Gasteiger partial charge in [-0.1, -0.05) is 0 Å². The minimum atomic E-state index is 0.184. The molecule has 1 aromatic rings. The molecule has 2 amide bonds. The van der Waals surface area contributed by atoms with E-state index in [1.807, 2.05) is 28.4 Å². The first kappa shape index (κ1) is 11.0. The minimum absolute atomic E-state index is 0.184. The van der Waals surface area contributed by atoms with Crippen LogP contribution in [0.1, 0.15) is 5.01 Å². The van der Waals surface area contributed by atoms with Gasteiger partial charge in [0.15, 0.2) is 0 Å². The number of hydrogen-bond donors (Lipinski definition) is 0. The van der Waals surface area contributed by atoms with Crippen molar-refractivity contribution in [1.82, 2.24) is 19.7 Å². The predicted molar refractivity (Wildman–Crippen MR) is 65.9 cm³/mol. The number of fused-ring (bicyclic) bond motifs is 1. The lowest BCUT2D eigenvalue weighted by molar-refractivity contribution is 0.116. The molecule has 1 aromatic heterocycles. The smallest absolute Gasteiger partial charge is 0.320 e. The molecule has 2 aliphatic rings. The van der Waals surface area contributed by atoms with Crippen LogP contribution in [-0.2, 0) is 6.54 Å². The van der Waals surface area contributed by atoms with Crippen LogP contribution in [-0.4, -0.2) is 65.0 Å². The van der Waals surface area contributed by atoms with Gasteiger partial charge in [0.1, 0.15) is 5.01 Å². The van der Waals surface area contributed by atoms with E-state index in [1.165, 1.54) is 0 Å². The van der Waals surface area contributed by atoms with Crippen LogP contribution in [0.3, 0.4) is 0 Å². The van der Waals surface area contributed by atoms with Gasteiger partial charge in [0.05, 0.1) is 12.6 Å². The fraction of sp³-hybridized carbons (Fsp3) is 0.636. The molecule has 0 aromatic carbocycles. The van der Waals surface area contributed by atoms with Gasteiger partial charge >= 0.3 is 6.03 Å². The van der Waals surface area contributed by atoms with Crippen molar-refractivity contribution in [1.29, 1.82) is 0 Å². The number of hydrogen-bond acceptors (Lipinski definition) is 4. The SMILES string of the molecule is CN1CC2CN(Cc3nccs3)CCN2C1=O. The maximum Gasteiger partial charge on any atom is 0.320 e. The molecule has 3 rings (SSSR count). The van der Waals surface area contributed by atoms with Crippen LogP contribution >= 0.6 is 11.3 Å². The maximum atomic E-state index is 11.8. The second kappa shape index (κ2) is 4.27. The monoisotopic (exact) mass is 252 g/mol. The lowest BCUT2D eigenvalue weighted by Crippen LogP contribution is -2.51. The number of aromatic nitrogens is 1. The molecule has 0 radical (unpaired) electrons. The fourth-order valence-electron chi connectivity index (χ4n) is 2.61. The van der Waals surface area contributed by atoms with Crippen LogP contribution < -0.4 is 0 Å². The van der Waals surface area contributed by atoms with Crippen LogP contribution in [0.4, 0.5) is 4.79 Å². The number of nitrogens with zero attached hydrogens (tertiary/aromatic N) is 4. The Hall–Kier alpha value is -1.14. The summed E-state index contributed by atoms with van der Waals surface area (Å²) in [7, 11) is 1.88. The van der Waals surface area contributed by atoms with E-state index in [9.17, 15) is 4.79 Å². The third kappa shape index (κ3) is 2.02.